The molecule has 0 aliphatic heterocycles. The molecule has 2 unspecified atom stereocenters. The van der Waals surface area contributed by atoms with Gasteiger partial charge in [-0.05, 0) is 33.1 Å². The molecule has 2 amide bonds. The van der Waals surface area contributed by atoms with Crippen LogP contribution in [0.3, 0.4) is 0 Å². The minimum atomic E-state index is -0.423. The molecule has 21 heavy (non-hydrogen) atoms. The molecule has 0 saturated heterocycles. The fourth-order valence-electron chi connectivity index (χ4n) is 2.48. The van der Waals surface area contributed by atoms with Gasteiger partial charge in [0.25, 0.3) is 0 Å². The van der Waals surface area contributed by atoms with Gasteiger partial charge in [-0.25, -0.2) is 4.79 Å². The van der Waals surface area contributed by atoms with E-state index in [1.165, 1.54) is 12.8 Å². The van der Waals surface area contributed by atoms with E-state index in [9.17, 15) is 4.79 Å². The lowest BCUT2D eigenvalue weighted by molar-refractivity contribution is 0.183. The lowest BCUT2D eigenvalue weighted by Gasteiger charge is -2.11. The molecule has 0 spiro atoms. The van der Waals surface area contributed by atoms with Crippen LogP contribution in [-0.2, 0) is 0 Å². The summed E-state index contributed by atoms with van der Waals surface area (Å²) in [6.07, 6.45) is 4.75. The number of nitrogens with one attached hydrogen (secondary N) is 2. The van der Waals surface area contributed by atoms with Crippen LogP contribution in [0.2, 0.25) is 0 Å². The third-order valence-corrected chi connectivity index (χ3v) is 3.74. The summed E-state index contributed by atoms with van der Waals surface area (Å²) in [5.41, 5.74) is 0. The van der Waals surface area contributed by atoms with Crippen LogP contribution in [0.4, 0.5) is 4.79 Å². The van der Waals surface area contributed by atoms with E-state index in [1.54, 1.807) is 13.8 Å². The third kappa shape index (κ3) is 4.70. The quantitative estimate of drug-likeness (QED) is 0.744. The number of carbonyl (C=O) groups excluding carboxylic acids is 1. The van der Waals surface area contributed by atoms with Gasteiger partial charge in [0.15, 0.2) is 5.82 Å². The zero-order valence-electron chi connectivity index (χ0n) is 12.6. The Hall–Kier alpha value is -1.63. The lowest BCUT2D eigenvalue weighted by atomic mass is 10.1. The maximum atomic E-state index is 11.7. The van der Waals surface area contributed by atoms with Gasteiger partial charge in [0, 0.05) is 12.5 Å². The van der Waals surface area contributed by atoms with E-state index in [-0.39, 0.29) is 12.1 Å². The molecule has 2 rings (SSSR count). The SMILES string of the molecule is CC(O)CCNC(=O)NC(C)c1nc(C2CCCC2)no1. The smallest absolute Gasteiger partial charge is 0.315 e. The Morgan fingerprint density at radius 3 is 2.81 bits per heavy atom. The largest absolute Gasteiger partial charge is 0.393 e. The summed E-state index contributed by atoms with van der Waals surface area (Å²) in [5.74, 6) is 1.59. The van der Waals surface area contributed by atoms with Crippen molar-refractivity contribution >= 4 is 6.03 Å². The number of aliphatic hydroxyl groups excluding tert-OH is 1. The van der Waals surface area contributed by atoms with E-state index in [2.05, 4.69) is 20.8 Å². The van der Waals surface area contributed by atoms with Crippen LogP contribution >= 0.6 is 0 Å². The van der Waals surface area contributed by atoms with Gasteiger partial charge >= 0.3 is 6.03 Å². The number of aliphatic hydroxyl groups is 1. The minimum Gasteiger partial charge on any atom is -0.393 e. The molecule has 118 valence electrons. The topological polar surface area (TPSA) is 100 Å². The summed E-state index contributed by atoms with van der Waals surface area (Å²) < 4.78 is 5.24. The van der Waals surface area contributed by atoms with Crippen molar-refractivity contribution in [3.63, 3.8) is 0 Å². The fraction of sp³-hybridized carbons (Fsp3) is 0.786. The van der Waals surface area contributed by atoms with Crippen molar-refractivity contribution in [3.05, 3.63) is 11.7 Å². The molecule has 0 radical (unpaired) electrons. The summed E-state index contributed by atoms with van der Waals surface area (Å²) in [6.45, 7) is 3.92. The molecule has 1 aliphatic carbocycles. The van der Waals surface area contributed by atoms with E-state index in [0.29, 0.717) is 24.8 Å². The Morgan fingerprint density at radius 1 is 1.43 bits per heavy atom. The lowest BCUT2D eigenvalue weighted by Crippen LogP contribution is -2.38. The second-order valence-corrected chi connectivity index (χ2v) is 5.73. The van der Waals surface area contributed by atoms with Crippen LogP contribution < -0.4 is 10.6 Å². The Balaban J connectivity index is 1.79. The highest BCUT2D eigenvalue weighted by atomic mass is 16.5. The summed E-state index contributed by atoms with van der Waals surface area (Å²) in [4.78, 5) is 16.1. The summed E-state index contributed by atoms with van der Waals surface area (Å²) in [5, 5.41) is 18.6. The molecule has 1 aromatic rings. The Labute approximate surface area is 124 Å². The predicted octanol–water partition coefficient (Wildman–Crippen LogP) is 1.86. The number of aromatic nitrogens is 2. The van der Waals surface area contributed by atoms with Gasteiger partial charge in [-0.1, -0.05) is 18.0 Å². The van der Waals surface area contributed by atoms with Crippen molar-refractivity contribution in [2.75, 3.05) is 6.54 Å². The van der Waals surface area contributed by atoms with Crippen molar-refractivity contribution in [2.24, 2.45) is 0 Å². The monoisotopic (exact) mass is 296 g/mol. The molecule has 3 N–H and O–H groups in total. The molecule has 0 aromatic carbocycles. The molecular formula is C14H24N4O3. The highest BCUT2D eigenvalue weighted by Crippen LogP contribution is 2.32. The molecule has 0 bridgehead atoms. The third-order valence-electron chi connectivity index (χ3n) is 3.74. The van der Waals surface area contributed by atoms with Crippen molar-refractivity contribution in [1.82, 2.24) is 20.8 Å². The molecule has 2 atom stereocenters. The second kappa shape index (κ2) is 7.40. The van der Waals surface area contributed by atoms with E-state index in [0.717, 1.165) is 18.7 Å². The molecular weight excluding hydrogens is 272 g/mol. The van der Waals surface area contributed by atoms with Crippen LogP contribution in [0.25, 0.3) is 0 Å². The van der Waals surface area contributed by atoms with Crippen LogP contribution in [0, 0.1) is 0 Å². The number of urea groups is 1. The first kappa shape index (κ1) is 15.8. The molecule has 7 heteroatoms. The van der Waals surface area contributed by atoms with E-state index < -0.39 is 6.10 Å². The molecule has 7 nitrogen and oxygen atoms in total. The minimum absolute atomic E-state index is 0.302. The Kier molecular flexibility index (Phi) is 5.55. The van der Waals surface area contributed by atoms with E-state index >= 15 is 0 Å². The van der Waals surface area contributed by atoms with Crippen LogP contribution in [0.1, 0.15) is 69.6 Å². The second-order valence-electron chi connectivity index (χ2n) is 5.73. The zero-order valence-corrected chi connectivity index (χ0v) is 12.6. The number of carbonyl (C=O) groups is 1. The molecule has 1 heterocycles. The first-order valence-electron chi connectivity index (χ1n) is 7.62. The summed E-state index contributed by atoms with van der Waals surface area (Å²) in [6, 6.07) is -0.636. The van der Waals surface area contributed by atoms with Crippen LogP contribution in [-0.4, -0.2) is 33.9 Å². The highest BCUT2D eigenvalue weighted by Gasteiger charge is 2.24. The van der Waals surface area contributed by atoms with E-state index in [1.807, 2.05) is 0 Å². The summed E-state index contributed by atoms with van der Waals surface area (Å²) >= 11 is 0. The number of rotatable bonds is 6. The summed E-state index contributed by atoms with van der Waals surface area (Å²) in [7, 11) is 0. The zero-order chi connectivity index (χ0) is 15.2. The average molecular weight is 296 g/mol. The van der Waals surface area contributed by atoms with Crippen molar-refractivity contribution in [3.8, 4) is 0 Å². The number of hydrogen-bond acceptors (Lipinski definition) is 5. The normalized spacial score (nSPS) is 18.4. The first-order chi connectivity index (χ1) is 10.1. The van der Waals surface area contributed by atoms with Crippen LogP contribution in [0.15, 0.2) is 4.52 Å². The van der Waals surface area contributed by atoms with Crippen molar-refractivity contribution in [2.45, 2.75) is 64.0 Å². The Bertz CT molecular complexity index is 455. The van der Waals surface area contributed by atoms with Gasteiger partial charge in [0.1, 0.15) is 6.04 Å². The van der Waals surface area contributed by atoms with Gasteiger partial charge in [0.2, 0.25) is 5.89 Å². The molecule has 1 fully saturated rings. The number of hydrogen-bond donors (Lipinski definition) is 3. The first-order valence-corrected chi connectivity index (χ1v) is 7.62. The molecule has 1 aromatic heterocycles. The van der Waals surface area contributed by atoms with Crippen molar-refractivity contribution < 1.29 is 14.4 Å². The number of nitrogens with zero attached hydrogens (tertiary/aromatic N) is 2. The standard InChI is InChI=1S/C14H24N4O3/c1-9(19)7-8-15-14(20)16-10(2)13-17-12(18-21-13)11-5-3-4-6-11/h9-11,19H,3-8H2,1-2H3,(H2,15,16,20). The maximum Gasteiger partial charge on any atom is 0.315 e. The van der Waals surface area contributed by atoms with E-state index in [4.69, 9.17) is 9.63 Å². The molecule has 1 saturated carbocycles. The molecule has 1 aliphatic rings. The maximum absolute atomic E-state index is 11.7. The van der Waals surface area contributed by atoms with Gasteiger partial charge in [-0.15, -0.1) is 0 Å². The highest BCUT2D eigenvalue weighted by molar-refractivity contribution is 5.74. The van der Waals surface area contributed by atoms with Gasteiger partial charge in [0.05, 0.1) is 6.10 Å². The van der Waals surface area contributed by atoms with Gasteiger partial charge in [-0.2, -0.15) is 4.98 Å². The fourth-order valence-corrected chi connectivity index (χ4v) is 2.48. The van der Waals surface area contributed by atoms with Gasteiger partial charge in [-0.3, -0.25) is 0 Å². The number of amides is 2. The Morgan fingerprint density at radius 2 is 2.14 bits per heavy atom. The predicted molar refractivity (Wildman–Crippen MR) is 76.8 cm³/mol. The average Bonchev–Trinajstić information content (AvgIpc) is 3.09. The van der Waals surface area contributed by atoms with Crippen LogP contribution in [0.5, 0.6) is 0 Å². The van der Waals surface area contributed by atoms with Crippen molar-refractivity contribution in [1.29, 1.82) is 0 Å². The van der Waals surface area contributed by atoms with Gasteiger partial charge < -0.3 is 20.3 Å².